The van der Waals surface area contributed by atoms with Crippen LogP contribution in [0.4, 0.5) is 0 Å². The fraction of sp³-hybridized carbons (Fsp3) is 0.125. The predicted molar refractivity (Wildman–Crippen MR) is 80.6 cm³/mol. The first-order valence-corrected chi connectivity index (χ1v) is 7.08. The number of benzene rings is 1. The number of nitrogens with one attached hydrogen (secondary N) is 1. The molecule has 8 heteroatoms. The first kappa shape index (κ1) is 15.5. The molecular weight excluding hydrogens is 314 g/mol. The van der Waals surface area contributed by atoms with Crippen molar-refractivity contribution in [3.05, 3.63) is 60.1 Å². The van der Waals surface area contributed by atoms with E-state index in [1.54, 1.807) is 42.5 Å². The number of aromatic nitrogens is 2. The van der Waals surface area contributed by atoms with Crippen LogP contribution < -0.4 is 5.32 Å². The number of hydrogen-bond donors (Lipinski definition) is 1. The van der Waals surface area contributed by atoms with Crippen LogP contribution in [0.25, 0.3) is 11.7 Å². The van der Waals surface area contributed by atoms with Gasteiger partial charge in [-0.2, -0.15) is 4.98 Å². The highest BCUT2D eigenvalue weighted by molar-refractivity contribution is 5.95. The molecule has 122 valence electrons. The Bertz CT molecular complexity index is 811. The van der Waals surface area contributed by atoms with Gasteiger partial charge in [-0.1, -0.05) is 23.4 Å². The molecule has 0 aliphatic heterocycles. The summed E-state index contributed by atoms with van der Waals surface area (Å²) in [6.45, 7) is -0.416. The number of esters is 1. The molecule has 0 radical (unpaired) electrons. The summed E-state index contributed by atoms with van der Waals surface area (Å²) in [4.78, 5) is 27.5. The number of ether oxygens (including phenoxy) is 1. The summed E-state index contributed by atoms with van der Waals surface area (Å²) in [7, 11) is 0. The predicted octanol–water partition coefficient (Wildman–Crippen LogP) is 1.80. The maximum absolute atomic E-state index is 11.8. The van der Waals surface area contributed by atoms with Crippen LogP contribution in [0.3, 0.4) is 0 Å². The molecule has 0 bridgehead atoms. The highest BCUT2D eigenvalue weighted by Crippen LogP contribution is 2.17. The standard InChI is InChI=1S/C16H13N3O5/c20-14(9-17-15(21)11-5-2-1-3-6-11)23-10-13-18-16(24-19-13)12-7-4-8-22-12/h1-8H,9-10H2,(H,17,21). The lowest BCUT2D eigenvalue weighted by atomic mass is 10.2. The topological polar surface area (TPSA) is 107 Å². The molecule has 2 aromatic heterocycles. The van der Waals surface area contributed by atoms with E-state index in [4.69, 9.17) is 13.7 Å². The summed E-state index contributed by atoms with van der Waals surface area (Å²) in [6, 6.07) is 11.9. The molecule has 0 fully saturated rings. The van der Waals surface area contributed by atoms with Crippen molar-refractivity contribution in [3.63, 3.8) is 0 Å². The second-order valence-corrected chi connectivity index (χ2v) is 4.70. The van der Waals surface area contributed by atoms with Gasteiger partial charge in [0.1, 0.15) is 6.54 Å². The summed E-state index contributed by atoms with van der Waals surface area (Å²) in [5.41, 5.74) is 0.464. The van der Waals surface area contributed by atoms with Crippen LogP contribution in [0.2, 0.25) is 0 Å². The zero-order valence-corrected chi connectivity index (χ0v) is 12.5. The quantitative estimate of drug-likeness (QED) is 0.688. The van der Waals surface area contributed by atoms with Crippen LogP contribution in [0.1, 0.15) is 16.2 Å². The molecule has 0 aliphatic rings. The van der Waals surface area contributed by atoms with E-state index in [9.17, 15) is 9.59 Å². The molecule has 1 aromatic carbocycles. The van der Waals surface area contributed by atoms with Gasteiger partial charge in [0.2, 0.25) is 5.82 Å². The van der Waals surface area contributed by atoms with Crippen molar-refractivity contribution in [1.82, 2.24) is 15.5 Å². The molecule has 1 amide bonds. The van der Waals surface area contributed by atoms with Crippen molar-refractivity contribution in [1.29, 1.82) is 0 Å². The Labute approximate surface area is 136 Å². The van der Waals surface area contributed by atoms with Gasteiger partial charge in [0.25, 0.3) is 11.8 Å². The fourth-order valence-electron chi connectivity index (χ4n) is 1.85. The third-order valence-electron chi connectivity index (χ3n) is 2.99. The monoisotopic (exact) mass is 327 g/mol. The Morgan fingerprint density at radius 2 is 1.96 bits per heavy atom. The third kappa shape index (κ3) is 3.86. The first-order chi connectivity index (χ1) is 11.7. The molecule has 3 aromatic rings. The summed E-state index contributed by atoms with van der Waals surface area (Å²) in [5.74, 6) is -0.140. The Morgan fingerprint density at radius 1 is 1.12 bits per heavy atom. The van der Waals surface area contributed by atoms with Crippen molar-refractivity contribution in [2.75, 3.05) is 6.54 Å². The van der Waals surface area contributed by atoms with E-state index in [2.05, 4.69) is 15.5 Å². The number of amides is 1. The number of carbonyl (C=O) groups excluding carboxylic acids is 2. The van der Waals surface area contributed by atoms with Gasteiger partial charge >= 0.3 is 5.97 Å². The van der Waals surface area contributed by atoms with Gasteiger partial charge in [-0.25, -0.2) is 0 Å². The van der Waals surface area contributed by atoms with E-state index in [1.165, 1.54) is 6.26 Å². The van der Waals surface area contributed by atoms with Gasteiger partial charge in [0.05, 0.1) is 6.26 Å². The molecular formula is C16H13N3O5. The number of nitrogens with zero attached hydrogens (tertiary/aromatic N) is 2. The molecule has 1 N–H and O–H groups in total. The lowest BCUT2D eigenvalue weighted by Gasteiger charge is -2.04. The molecule has 0 aliphatic carbocycles. The Hall–Kier alpha value is -3.42. The van der Waals surface area contributed by atoms with Gasteiger partial charge < -0.3 is 19.0 Å². The highest BCUT2D eigenvalue weighted by atomic mass is 16.5. The van der Waals surface area contributed by atoms with Gasteiger partial charge in [-0.3, -0.25) is 9.59 Å². The molecule has 0 atom stereocenters. The van der Waals surface area contributed by atoms with Crippen molar-refractivity contribution in [2.45, 2.75) is 6.61 Å². The molecule has 0 saturated heterocycles. The smallest absolute Gasteiger partial charge is 0.325 e. The Balaban J connectivity index is 1.45. The zero-order valence-electron chi connectivity index (χ0n) is 12.5. The molecule has 0 spiro atoms. The molecule has 8 nitrogen and oxygen atoms in total. The summed E-state index contributed by atoms with van der Waals surface area (Å²) in [5, 5.41) is 6.15. The second-order valence-electron chi connectivity index (χ2n) is 4.70. The minimum absolute atomic E-state index is 0.162. The van der Waals surface area contributed by atoms with E-state index in [0.29, 0.717) is 11.3 Å². The molecule has 24 heavy (non-hydrogen) atoms. The zero-order chi connectivity index (χ0) is 16.8. The maximum atomic E-state index is 11.8. The van der Waals surface area contributed by atoms with Gasteiger partial charge in [0.15, 0.2) is 12.4 Å². The average molecular weight is 327 g/mol. The average Bonchev–Trinajstić information content (AvgIpc) is 3.29. The minimum atomic E-state index is -0.608. The van der Waals surface area contributed by atoms with E-state index >= 15 is 0 Å². The number of hydrogen-bond acceptors (Lipinski definition) is 7. The number of furan rings is 1. The Kier molecular flexibility index (Phi) is 4.66. The molecule has 0 unspecified atom stereocenters. The normalized spacial score (nSPS) is 10.3. The largest absolute Gasteiger partial charge is 0.459 e. The van der Waals surface area contributed by atoms with Crippen LogP contribution in [-0.4, -0.2) is 28.6 Å². The maximum Gasteiger partial charge on any atom is 0.325 e. The number of carbonyl (C=O) groups is 2. The molecule has 2 heterocycles. The van der Waals surface area contributed by atoms with Crippen molar-refractivity contribution >= 4 is 11.9 Å². The van der Waals surface area contributed by atoms with E-state index in [1.807, 2.05) is 0 Å². The van der Waals surface area contributed by atoms with Gasteiger partial charge in [-0.05, 0) is 24.3 Å². The van der Waals surface area contributed by atoms with E-state index < -0.39 is 5.97 Å². The van der Waals surface area contributed by atoms with Crippen molar-refractivity contribution < 1.29 is 23.3 Å². The summed E-state index contributed by atoms with van der Waals surface area (Å²) >= 11 is 0. The fourth-order valence-corrected chi connectivity index (χ4v) is 1.85. The van der Waals surface area contributed by atoms with Crippen LogP contribution in [0.15, 0.2) is 57.7 Å². The lowest BCUT2D eigenvalue weighted by molar-refractivity contribution is -0.143. The molecule has 3 rings (SSSR count). The van der Waals surface area contributed by atoms with Crippen LogP contribution in [0.5, 0.6) is 0 Å². The van der Waals surface area contributed by atoms with Crippen molar-refractivity contribution in [2.24, 2.45) is 0 Å². The summed E-state index contributed by atoms with van der Waals surface area (Å²) < 4.78 is 15.1. The summed E-state index contributed by atoms with van der Waals surface area (Å²) in [6.07, 6.45) is 1.48. The van der Waals surface area contributed by atoms with Gasteiger partial charge in [0, 0.05) is 5.56 Å². The van der Waals surface area contributed by atoms with Crippen LogP contribution in [0, 0.1) is 0 Å². The minimum Gasteiger partial charge on any atom is -0.459 e. The SMILES string of the molecule is O=C(CNC(=O)c1ccccc1)OCc1noc(-c2ccco2)n1. The third-order valence-corrected chi connectivity index (χ3v) is 2.99. The Morgan fingerprint density at radius 3 is 2.71 bits per heavy atom. The first-order valence-electron chi connectivity index (χ1n) is 7.08. The molecule has 0 saturated carbocycles. The van der Waals surface area contributed by atoms with E-state index in [0.717, 1.165) is 0 Å². The number of rotatable bonds is 6. The highest BCUT2D eigenvalue weighted by Gasteiger charge is 2.13. The lowest BCUT2D eigenvalue weighted by Crippen LogP contribution is -2.30. The van der Waals surface area contributed by atoms with Crippen molar-refractivity contribution in [3.8, 4) is 11.7 Å². The van der Waals surface area contributed by atoms with Crippen LogP contribution >= 0.6 is 0 Å². The second kappa shape index (κ2) is 7.23. The van der Waals surface area contributed by atoms with Crippen LogP contribution in [-0.2, 0) is 16.1 Å². The van der Waals surface area contributed by atoms with Gasteiger partial charge in [-0.15, -0.1) is 0 Å². The van der Waals surface area contributed by atoms with E-state index in [-0.39, 0.29) is 30.8 Å².